The number of ether oxygens (including phenoxy) is 1. The third-order valence-electron chi connectivity index (χ3n) is 4.50. The van der Waals surface area contributed by atoms with Gasteiger partial charge in [0, 0.05) is 35.2 Å². The lowest BCUT2D eigenvalue weighted by Gasteiger charge is -2.20. The molecule has 0 aliphatic rings. The molecule has 0 radical (unpaired) electrons. The fourth-order valence-corrected chi connectivity index (χ4v) is 3.12. The average Bonchev–Trinajstić information content (AvgIpc) is 2.61. The van der Waals surface area contributed by atoms with E-state index in [-0.39, 0.29) is 22.1 Å². The van der Waals surface area contributed by atoms with Crippen molar-refractivity contribution in [3.63, 3.8) is 0 Å². The Hall–Kier alpha value is -2.95. The van der Waals surface area contributed by atoms with Crippen molar-refractivity contribution in [1.82, 2.24) is 4.98 Å². The fraction of sp³-hybridized carbons (Fsp3) is 0.318. The highest BCUT2D eigenvalue weighted by molar-refractivity contribution is 5.95. The molecule has 0 saturated carbocycles. The summed E-state index contributed by atoms with van der Waals surface area (Å²) in [5, 5.41) is 12.6. The van der Waals surface area contributed by atoms with Gasteiger partial charge in [-0.3, -0.25) is 15.1 Å². The Morgan fingerprint density at radius 3 is 2.48 bits per heavy atom. The number of pyridine rings is 1. The minimum absolute atomic E-state index is 0.00529. The van der Waals surface area contributed by atoms with Crippen molar-refractivity contribution in [2.45, 2.75) is 45.6 Å². The summed E-state index contributed by atoms with van der Waals surface area (Å²) in [5.41, 5.74) is 2.30. The second kappa shape index (κ2) is 7.35. The summed E-state index contributed by atoms with van der Waals surface area (Å²) in [4.78, 5) is 15.4. The molecule has 5 heteroatoms. The maximum absolute atomic E-state index is 11.3. The van der Waals surface area contributed by atoms with Crippen molar-refractivity contribution in [1.29, 1.82) is 0 Å². The van der Waals surface area contributed by atoms with Crippen LogP contribution in [0.4, 0.5) is 5.69 Å². The predicted octanol–water partition coefficient (Wildman–Crippen LogP) is 5.45. The van der Waals surface area contributed by atoms with Crippen LogP contribution in [0.1, 0.15) is 39.0 Å². The molecule has 0 amide bonds. The second-order valence-corrected chi connectivity index (χ2v) is 7.82. The Bertz CT molecular complexity index is 977. The largest absolute Gasteiger partial charge is 0.490 e. The summed E-state index contributed by atoms with van der Waals surface area (Å²) in [6, 6.07) is 14.6. The Morgan fingerprint density at radius 2 is 1.81 bits per heavy atom. The van der Waals surface area contributed by atoms with Crippen molar-refractivity contribution in [2.24, 2.45) is 0 Å². The van der Waals surface area contributed by atoms with E-state index >= 15 is 0 Å². The number of non-ortho nitro benzene ring substituents is 1. The zero-order chi connectivity index (χ0) is 19.6. The lowest BCUT2D eigenvalue weighted by molar-refractivity contribution is -0.383. The van der Waals surface area contributed by atoms with Gasteiger partial charge >= 0.3 is 0 Å². The van der Waals surface area contributed by atoms with E-state index in [0.29, 0.717) is 11.1 Å². The molecule has 3 aromatic rings. The fourth-order valence-electron chi connectivity index (χ4n) is 3.12. The number of aromatic nitrogens is 1. The third-order valence-corrected chi connectivity index (χ3v) is 4.50. The van der Waals surface area contributed by atoms with E-state index in [1.807, 2.05) is 31.3 Å². The van der Waals surface area contributed by atoms with Gasteiger partial charge in [-0.25, -0.2) is 0 Å². The molecule has 2 aromatic carbocycles. The number of nitro benzene ring substituents is 1. The van der Waals surface area contributed by atoms with Gasteiger partial charge in [0.05, 0.1) is 16.4 Å². The first-order valence-electron chi connectivity index (χ1n) is 9.04. The summed E-state index contributed by atoms with van der Waals surface area (Å²) >= 11 is 0. The molecule has 5 nitrogen and oxygen atoms in total. The number of hydrogen-bond acceptors (Lipinski definition) is 4. The Morgan fingerprint density at radius 1 is 1.11 bits per heavy atom. The molecule has 0 aliphatic heterocycles. The molecule has 3 rings (SSSR count). The summed E-state index contributed by atoms with van der Waals surface area (Å²) in [7, 11) is 0. The van der Waals surface area contributed by atoms with Crippen LogP contribution in [-0.4, -0.2) is 16.0 Å². The van der Waals surface area contributed by atoms with Gasteiger partial charge in [-0.2, -0.15) is 0 Å². The zero-order valence-corrected chi connectivity index (χ0v) is 16.1. The van der Waals surface area contributed by atoms with Crippen LogP contribution in [0.2, 0.25) is 0 Å². The highest BCUT2D eigenvalue weighted by Crippen LogP contribution is 2.33. The van der Waals surface area contributed by atoms with Crippen molar-refractivity contribution in [2.75, 3.05) is 0 Å². The SMILES string of the molecule is CC(Cc1ccnc(C(C)(C)C)c1)Oc1ccc([N+](=O)[O-])c2ccccc12. The maximum atomic E-state index is 11.3. The summed E-state index contributed by atoms with van der Waals surface area (Å²) in [6.07, 6.45) is 2.49. The van der Waals surface area contributed by atoms with Crippen LogP contribution in [0.15, 0.2) is 54.7 Å². The van der Waals surface area contributed by atoms with Gasteiger partial charge in [0.25, 0.3) is 5.69 Å². The molecule has 1 aromatic heterocycles. The lowest BCUT2D eigenvalue weighted by Crippen LogP contribution is -2.17. The summed E-state index contributed by atoms with van der Waals surface area (Å²) in [6.45, 7) is 8.43. The molecule has 27 heavy (non-hydrogen) atoms. The standard InChI is InChI=1S/C22H24N2O3/c1-15(13-16-11-12-23-21(14-16)22(2,3)4)27-20-10-9-19(24(25)26)17-7-5-6-8-18(17)20/h5-12,14-15H,13H2,1-4H3. The van der Waals surface area contributed by atoms with Crippen LogP contribution in [-0.2, 0) is 11.8 Å². The molecule has 0 N–H and O–H groups in total. The monoisotopic (exact) mass is 364 g/mol. The third kappa shape index (κ3) is 4.25. The first kappa shape index (κ1) is 18.8. The number of fused-ring (bicyclic) bond motifs is 1. The number of nitrogens with zero attached hydrogens (tertiary/aromatic N) is 2. The first-order valence-corrected chi connectivity index (χ1v) is 9.04. The summed E-state index contributed by atoms with van der Waals surface area (Å²) in [5.74, 6) is 0.661. The second-order valence-electron chi connectivity index (χ2n) is 7.82. The van der Waals surface area contributed by atoms with Crippen LogP contribution in [0.5, 0.6) is 5.75 Å². The normalized spacial score (nSPS) is 12.7. The number of nitro groups is 1. The van der Waals surface area contributed by atoms with Crippen LogP contribution in [0.3, 0.4) is 0 Å². The average molecular weight is 364 g/mol. The lowest BCUT2D eigenvalue weighted by atomic mass is 9.90. The van der Waals surface area contributed by atoms with Crippen molar-refractivity contribution in [3.05, 3.63) is 76.1 Å². The van der Waals surface area contributed by atoms with Gasteiger partial charge in [0.15, 0.2) is 0 Å². The topological polar surface area (TPSA) is 65.3 Å². The molecule has 0 saturated heterocycles. The Labute approximate surface area is 159 Å². The molecule has 0 spiro atoms. The maximum Gasteiger partial charge on any atom is 0.277 e. The minimum atomic E-state index is -0.361. The van der Waals surface area contributed by atoms with Gasteiger partial charge in [0.2, 0.25) is 0 Å². The van der Waals surface area contributed by atoms with Crippen LogP contribution in [0, 0.1) is 10.1 Å². The molecule has 0 aliphatic carbocycles. The smallest absolute Gasteiger partial charge is 0.277 e. The van der Waals surface area contributed by atoms with E-state index in [4.69, 9.17) is 4.74 Å². The zero-order valence-electron chi connectivity index (χ0n) is 16.1. The number of rotatable bonds is 5. The van der Waals surface area contributed by atoms with Gasteiger partial charge in [-0.1, -0.05) is 39.0 Å². The van der Waals surface area contributed by atoms with E-state index in [0.717, 1.165) is 23.1 Å². The van der Waals surface area contributed by atoms with Crippen molar-refractivity contribution in [3.8, 4) is 5.75 Å². The molecule has 1 unspecified atom stereocenters. The first-order chi connectivity index (χ1) is 12.8. The molecular formula is C22H24N2O3. The number of hydrogen-bond donors (Lipinski definition) is 0. The minimum Gasteiger partial charge on any atom is -0.490 e. The molecule has 140 valence electrons. The molecular weight excluding hydrogens is 340 g/mol. The van der Waals surface area contributed by atoms with E-state index < -0.39 is 0 Å². The highest BCUT2D eigenvalue weighted by atomic mass is 16.6. The van der Waals surface area contributed by atoms with Crippen molar-refractivity contribution >= 4 is 16.5 Å². The highest BCUT2D eigenvalue weighted by Gasteiger charge is 2.18. The summed E-state index contributed by atoms with van der Waals surface area (Å²) < 4.78 is 6.15. The Balaban J connectivity index is 1.84. The van der Waals surface area contributed by atoms with Gasteiger partial charge in [-0.05, 0) is 36.8 Å². The Kier molecular flexibility index (Phi) is 5.13. The van der Waals surface area contributed by atoms with Gasteiger partial charge in [-0.15, -0.1) is 0 Å². The molecule has 0 fully saturated rings. The van der Waals surface area contributed by atoms with Gasteiger partial charge < -0.3 is 4.74 Å². The van der Waals surface area contributed by atoms with E-state index in [1.165, 1.54) is 6.07 Å². The van der Waals surface area contributed by atoms with Crippen LogP contribution in [0.25, 0.3) is 10.8 Å². The van der Waals surface area contributed by atoms with E-state index in [2.05, 4.69) is 31.8 Å². The number of benzene rings is 2. The molecule has 1 atom stereocenters. The van der Waals surface area contributed by atoms with Crippen LogP contribution < -0.4 is 4.74 Å². The van der Waals surface area contributed by atoms with Crippen LogP contribution >= 0.6 is 0 Å². The molecule has 1 heterocycles. The molecule has 0 bridgehead atoms. The van der Waals surface area contributed by atoms with E-state index in [1.54, 1.807) is 18.2 Å². The van der Waals surface area contributed by atoms with E-state index in [9.17, 15) is 10.1 Å². The van der Waals surface area contributed by atoms with Crippen molar-refractivity contribution < 1.29 is 9.66 Å². The quantitative estimate of drug-likeness (QED) is 0.446. The predicted molar refractivity (Wildman–Crippen MR) is 107 cm³/mol. The van der Waals surface area contributed by atoms with Gasteiger partial charge in [0.1, 0.15) is 5.75 Å².